The Balaban J connectivity index is 2.36. The Morgan fingerprint density at radius 3 is 2.29 bits per heavy atom. The van der Waals surface area contributed by atoms with Crippen molar-refractivity contribution in [1.29, 1.82) is 0 Å². The van der Waals surface area contributed by atoms with E-state index in [1.54, 1.807) is 0 Å². The molecule has 0 nitrogen and oxygen atoms in total. The van der Waals surface area contributed by atoms with Gasteiger partial charge < -0.3 is 0 Å². The summed E-state index contributed by atoms with van der Waals surface area (Å²) in [5.74, 6) is 0. The van der Waals surface area contributed by atoms with Gasteiger partial charge in [-0.15, -0.1) is 0 Å². The average Bonchev–Trinajstić information content (AvgIpc) is 2.73. The average molecular weight is 393 g/mol. The van der Waals surface area contributed by atoms with Crippen molar-refractivity contribution >= 4 is 72.3 Å². The van der Waals surface area contributed by atoms with E-state index in [0.717, 1.165) is 4.06 Å². The molecule has 6 heteroatoms. The standard InChI is InChI=1S/C8H5Cl3Se2Si/c9-14(10,11)8-4-3-7(13-8)6-2-1-5-12-6/h1-5H. The van der Waals surface area contributed by atoms with Crippen LogP contribution in [0.25, 0.3) is 8.87 Å². The fourth-order valence-corrected chi connectivity index (χ4v) is 8.85. The van der Waals surface area contributed by atoms with Gasteiger partial charge in [0.25, 0.3) is 0 Å². The molecule has 0 aliphatic carbocycles. The monoisotopic (exact) mass is 394 g/mol. The van der Waals surface area contributed by atoms with E-state index < -0.39 is 6.00 Å². The third kappa shape index (κ3) is 2.61. The summed E-state index contributed by atoms with van der Waals surface area (Å²) in [6, 6.07) is 5.79. The van der Waals surface area contributed by atoms with Crippen molar-refractivity contribution in [2.45, 2.75) is 0 Å². The van der Waals surface area contributed by atoms with Gasteiger partial charge in [0.2, 0.25) is 0 Å². The summed E-state index contributed by atoms with van der Waals surface area (Å²) in [5.41, 5.74) is 0. The van der Waals surface area contributed by atoms with Crippen LogP contribution in [0.2, 0.25) is 0 Å². The van der Waals surface area contributed by atoms with E-state index in [2.05, 4.69) is 23.1 Å². The molecule has 2 aromatic rings. The van der Waals surface area contributed by atoms with E-state index in [4.69, 9.17) is 33.2 Å². The van der Waals surface area contributed by atoms with E-state index in [1.165, 1.54) is 8.87 Å². The quantitative estimate of drug-likeness (QED) is 0.543. The maximum atomic E-state index is 5.97. The van der Waals surface area contributed by atoms with Crippen LogP contribution in [0.5, 0.6) is 0 Å². The van der Waals surface area contributed by atoms with E-state index in [0.29, 0.717) is 14.5 Å². The van der Waals surface area contributed by atoms with Gasteiger partial charge in [-0.25, -0.2) is 0 Å². The zero-order valence-corrected chi connectivity index (χ0v) is 13.5. The second-order valence-corrected chi connectivity index (χ2v) is 16.1. The zero-order valence-electron chi connectivity index (χ0n) is 6.84. The topological polar surface area (TPSA) is 0 Å². The van der Waals surface area contributed by atoms with Gasteiger partial charge >= 0.3 is 110 Å². The van der Waals surface area contributed by atoms with Crippen LogP contribution in [-0.4, -0.2) is 35.0 Å². The van der Waals surface area contributed by atoms with Gasteiger partial charge in [-0.05, 0) is 0 Å². The van der Waals surface area contributed by atoms with Crippen LogP contribution in [0.15, 0.2) is 29.2 Å². The van der Waals surface area contributed by atoms with Crippen LogP contribution in [0.3, 0.4) is 0 Å². The molecule has 0 N–H and O–H groups in total. The number of hydrogen-bond acceptors (Lipinski definition) is 0. The third-order valence-corrected chi connectivity index (χ3v) is 13.5. The van der Waals surface area contributed by atoms with Crippen molar-refractivity contribution in [3.63, 3.8) is 0 Å². The molecule has 2 heterocycles. The molecule has 0 aliphatic rings. The van der Waals surface area contributed by atoms with Crippen molar-refractivity contribution < 1.29 is 0 Å². The van der Waals surface area contributed by atoms with Crippen LogP contribution in [0, 0.1) is 0 Å². The predicted molar refractivity (Wildman–Crippen MR) is 68.7 cm³/mol. The van der Waals surface area contributed by atoms with Gasteiger partial charge in [0.1, 0.15) is 0 Å². The molecule has 0 bridgehead atoms. The Bertz CT molecular complexity index is 416. The number of halogens is 3. The van der Waals surface area contributed by atoms with Crippen LogP contribution in [0.4, 0.5) is 0 Å². The molecule has 0 spiro atoms. The molecular weight excluding hydrogens is 388 g/mol. The van der Waals surface area contributed by atoms with Crippen LogP contribution in [0.1, 0.15) is 0 Å². The maximum absolute atomic E-state index is 5.97. The molecule has 0 unspecified atom stereocenters. The van der Waals surface area contributed by atoms with Crippen LogP contribution in [-0.2, 0) is 0 Å². The first kappa shape index (κ1) is 11.6. The Labute approximate surface area is 109 Å². The predicted octanol–water partition coefficient (Wildman–Crippen LogP) is 2.33. The van der Waals surface area contributed by atoms with Gasteiger partial charge in [-0.3, -0.25) is 0 Å². The minimum atomic E-state index is -2.60. The molecule has 74 valence electrons. The number of rotatable bonds is 2. The fourth-order valence-electron chi connectivity index (χ4n) is 1.04. The Kier molecular flexibility index (Phi) is 3.74. The molecule has 0 saturated carbocycles. The molecule has 0 amide bonds. The van der Waals surface area contributed by atoms with Crippen molar-refractivity contribution in [3.8, 4) is 8.87 Å². The van der Waals surface area contributed by atoms with Gasteiger partial charge in [0.15, 0.2) is 0 Å². The van der Waals surface area contributed by atoms with Crippen molar-refractivity contribution in [1.82, 2.24) is 0 Å². The molecule has 0 fully saturated rings. The summed E-state index contributed by atoms with van der Waals surface area (Å²) >= 11 is 18.6. The Morgan fingerprint density at radius 1 is 1.00 bits per heavy atom. The molecule has 0 aromatic carbocycles. The van der Waals surface area contributed by atoms with E-state index in [9.17, 15) is 0 Å². The summed E-state index contributed by atoms with van der Waals surface area (Å²) in [6.45, 7) is 0. The van der Waals surface area contributed by atoms with Crippen LogP contribution < -0.4 is 4.06 Å². The fraction of sp³-hybridized carbons (Fsp3) is 0. The first-order valence-electron chi connectivity index (χ1n) is 3.78. The van der Waals surface area contributed by atoms with Crippen molar-refractivity contribution in [2.24, 2.45) is 0 Å². The van der Waals surface area contributed by atoms with Gasteiger partial charge in [0, 0.05) is 0 Å². The van der Waals surface area contributed by atoms with E-state index >= 15 is 0 Å². The molecule has 0 aliphatic heterocycles. The molecule has 0 radical (unpaired) electrons. The summed E-state index contributed by atoms with van der Waals surface area (Å²) in [7, 11) is 0. The van der Waals surface area contributed by atoms with Crippen molar-refractivity contribution in [2.75, 3.05) is 0 Å². The van der Waals surface area contributed by atoms with Crippen LogP contribution >= 0.6 is 33.2 Å². The summed E-state index contributed by atoms with van der Waals surface area (Å²) in [5, 5.41) is 0. The Hall–Kier alpha value is 1.09. The zero-order chi connectivity index (χ0) is 10.2. The molecular formula is C8H5Cl3Se2Si. The SMILES string of the molecule is Cl[Si](Cl)(Cl)c1ccc(-c2ccc[se]2)[se]1. The third-order valence-electron chi connectivity index (χ3n) is 1.65. The first-order valence-corrected chi connectivity index (χ1v) is 12.4. The van der Waals surface area contributed by atoms with Gasteiger partial charge in [0.05, 0.1) is 0 Å². The summed E-state index contributed by atoms with van der Waals surface area (Å²) < 4.78 is 3.89. The summed E-state index contributed by atoms with van der Waals surface area (Å²) in [4.78, 5) is 2.21. The molecule has 2 rings (SSSR count). The minimum absolute atomic E-state index is 0.247. The molecule has 14 heavy (non-hydrogen) atoms. The molecule has 0 atom stereocenters. The van der Waals surface area contributed by atoms with Crippen molar-refractivity contribution in [3.05, 3.63) is 29.2 Å². The normalized spacial score (nSPS) is 11.9. The second kappa shape index (κ2) is 4.53. The molecule has 0 saturated heterocycles. The number of hydrogen-bond donors (Lipinski definition) is 0. The van der Waals surface area contributed by atoms with E-state index in [1.807, 2.05) is 6.07 Å². The van der Waals surface area contributed by atoms with Gasteiger partial charge in [-0.1, -0.05) is 0 Å². The van der Waals surface area contributed by atoms with E-state index in [-0.39, 0.29) is 14.5 Å². The second-order valence-electron chi connectivity index (χ2n) is 2.64. The molecule has 2 aromatic heterocycles. The Morgan fingerprint density at radius 2 is 1.79 bits per heavy atom. The first-order chi connectivity index (χ1) is 6.57. The summed E-state index contributed by atoms with van der Waals surface area (Å²) in [6.07, 6.45) is 0. The van der Waals surface area contributed by atoms with Gasteiger partial charge in [-0.2, -0.15) is 0 Å².